The summed E-state index contributed by atoms with van der Waals surface area (Å²) in [7, 11) is 1.59. The first kappa shape index (κ1) is 10.7. The lowest BCUT2D eigenvalue weighted by atomic mass is 10.0. The number of H-pyrrole nitrogens is 1. The van der Waals surface area contributed by atoms with Crippen LogP contribution in [0.15, 0.2) is 42.6 Å². The van der Waals surface area contributed by atoms with Gasteiger partial charge in [-0.25, -0.2) is 0 Å². The molecular weight excluding hydrogens is 228 g/mol. The SMILES string of the molecule is COc1cc(O)ccc1-c1ccc2cn[nH]c2c1. The van der Waals surface area contributed by atoms with Crippen LogP contribution in [0.1, 0.15) is 0 Å². The van der Waals surface area contributed by atoms with Crippen molar-refractivity contribution in [2.45, 2.75) is 0 Å². The third-order valence-corrected chi connectivity index (χ3v) is 2.94. The third kappa shape index (κ3) is 1.68. The largest absolute Gasteiger partial charge is 0.508 e. The second-order valence-electron chi connectivity index (χ2n) is 4.06. The summed E-state index contributed by atoms with van der Waals surface area (Å²) in [5.41, 5.74) is 2.93. The molecule has 4 heteroatoms. The minimum absolute atomic E-state index is 0.193. The van der Waals surface area contributed by atoms with E-state index in [0.29, 0.717) is 5.75 Å². The molecule has 90 valence electrons. The van der Waals surface area contributed by atoms with Gasteiger partial charge in [0, 0.05) is 17.0 Å². The van der Waals surface area contributed by atoms with Crippen molar-refractivity contribution in [3.05, 3.63) is 42.6 Å². The monoisotopic (exact) mass is 240 g/mol. The number of nitrogens with one attached hydrogen (secondary N) is 1. The zero-order valence-corrected chi connectivity index (χ0v) is 9.84. The number of methoxy groups -OCH3 is 1. The average Bonchev–Trinajstić information content (AvgIpc) is 2.85. The highest BCUT2D eigenvalue weighted by Gasteiger charge is 2.08. The molecule has 0 bridgehead atoms. The number of rotatable bonds is 2. The molecule has 0 radical (unpaired) electrons. The van der Waals surface area contributed by atoms with Crippen molar-refractivity contribution < 1.29 is 9.84 Å². The Morgan fingerprint density at radius 1 is 1.17 bits per heavy atom. The van der Waals surface area contributed by atoms with Gasteiger partial charge in [0.05, 0.1) is 18.8 Å². The Labute approximate surface area is 104 Å². The van der Waals surface area contributed by atoms with Gasteiger partial charge in [-0.3, -0.25) is 5.10 Å². The second kappa shape index (κ2) is 4.07. The molecule has 0 unspecified atom stereocenters. The number of aromatic nitrogens is 2. The summed E-state index contributed by atoms with van der Waals surface area (Å²) in [6.45, 7) is 0. The van der Waals surface area contributed by atoms with Crippen LogP contribution in [0.2, 0.25) is 0 Å². The smallest absolute Gasteiger partial charge is 0.130 e. The van der Waals surface area contributed by atoms with Gasteiger partial charge in [0.25, 0.3) is 0 Å². The van der Waals surface area contributed by atoms with E-state index < -0.39 is 0 Å². The first-order valence-electron chi connectivity index (χ1n) is 5.58. The minimum atomic E-state index is 0.193. The molecule has 0 aliphatic rings. The molecule has 0 aliphatic carbocycles. The van der Waals surface area contributed by atoms with Crippen LogP contribution in [0.4, 0.5) is 0 Å². The molecule has 1 heterocycles. The predicted octanol–water partition coefficient (Wildman–Crippen LogP) is 2.94. The van der Waals surface area contributed by atoms with Gasteiger partial charge in [0.2, 0.25) is 0 Å². The number of aromatic hydroxyl groups is 1. The Morgan fingerprint density at radius 3 is 2.89 bits per heavy atom. The lowest BCUT2D eigenvalue weighted by Gasteiger charge is -2.09. The van der Waals surface area contributed by atoms with Crippen molar-refractivity contribution in [3.8, 4) is 22.6 Å². The topological polar surface area (TPSA) is 58.1 Å². The molecular formula is C14H12N2O2. The van der Waals surface area contributed by atoms with E-state index in [1.54, 1.807) is 25.4 Å². The summed E-state index contributed by atoms with van der Waals surface area (Å²) in [6, 6.07) is 11.1. The number of fused-ring (bicyclic) bond motifs is 1. The fourth-order valence-corrected chi connectivity index (χ4v) is 2.02. The van der Waals surface area contributed by atoms with Crippen molar-refractivity contribution in [1.82, 2.24) is 10.2 Å². The molecule has 0 spiro atoms. The first-order chi connectivity index (χ1) is 8.78. The second-order valence-corrected chi connectivity index (χ2v) is 4.06. The Hall–Kier alpha value is -2.49. The van der Waals surface area contributed by atoms with Gasteiger partial charge in [0.15, 0.2) is 0 Å². The molecule has 4 nitrogen and oxygen atoms in total. The van der Waals surface area contributed by atoms with E-state index in [0.717, 1.165) is 22.0 Å². The highest BCUT2D eigenvalue weighted by molar-refractivity contribution is 5.85. The molecule has 0 atom stereocenters. The Kier molecular flexibility index (Phi) is 2.41. The molecule has 0 amide bonds. The molecule has 2 aromatic carbocycles. The quantitative estimate of drug-likeness (QED) is 0.724. The van der Waals surface area contributed by atoms with Crippen LogP contribution >= 0.6 is 0 Å². The number of hydrogen-bond donors (Lipinski definition) is 2. The van der Waals surface area contributed by atoms with Crippen LogP contribution in [-0.2, 0) is 0 Å². The van der Waals surface area contributed by atoms with E-state index in [4.69, 9.17) is 4.74 Å². The van der Waals surface area contributed by atoms with Crippen LogP contribution in [0.25, 0.3) is 22.0 Å². The summed E-state index contributed by atoms with van der Waals surface area (Å²) in [6.07, 6.45) is 1.78. The molecule has 1 aromatic heterocycles. The zero-order valence-electron chi connectivity index (χ0n) is 9.84. The number of phenols is 1. The van der Waals surface area contributed by atoms with E-state index in [9.17, 15) is 5.11 Å². The molecule has 0 saturated heterocycles. The predicted molar refractivity (Wildman–Crippen MR) is 69.7 cm³/mol. The fraction of sp³-hybridized carbons (Fsp3) is 0.0714. The lowest BCUT2D eigenvalue weighted by Crippen LogP contribution is -1.87. The summed E-state index contributed by atoms with van der Waals surface area (Å²) in [5, 5.41) is 17.5. The number of nitrogens with zero attached hydrogens (tertiary/aromatic N) is 1. The number of ether oxygens (including phenoxy) is 1. The van der Waals surface area contributed by atoms with Gasteiger partial charge in [0.1, 0.15) is 11.5 Å². The Bertz CT molecular complexity index is 704. The number of benzene rings is 2. The Balaban J connectivity index is 2.18. The summed E-state index contributed by atoms with van der Waals surface area (Å²) in [4.78, 5) is 0. The molecule has 3 aromatic rings. The van der Waals surface area contributed by atoms with Gasteiger partial charge in [-0.2, -0.15) is 5.10 Å². The summed E-state index contributed by atoms with van der Waals surface area (Å²) in [5.74, 6) is 0.840. The van der Waals surface area contributed by atoms with Crippen molar-refractivity contribution in [2.75, 3.05) is 7.11 Å². The van der Waals surface area contributed by atoms with Crippen molar-refractivity contribution >= 4 is 10.9 Å². The van der Waals surface area contributed by atoms with Crippen molar-refractivity contribution in [1.29, 1.82) is 0 Å². The van der Waals surface area contributed by atoms with E-state index >= 15 is 0 Å². The Morgan fingerprint density at radius 2 is 2.06 bits per heavy atom. The van der Waals surface area contributed by atoms with Gasteiger partial charge >= 0.3 is 0 Å². The minimum Gasteiger partial charge on any atom is -0.508 e. The van der Waals surface area contributed by atoms with E-state index in [1.165, 1.54) is 0 Å². The number of aromatic amines is 1. The highest BCUT2D eigenvalue weighted by atomic mass is 16.5. The molecule has 0 fully saturated rings. The van der Waals surface area contributed by atoms with Gasteiger partial charge in [-0.15, -0.1) is 0 Å². The molecule has 2 N–H and O–H groups in total. The molecule has 18 heavy (non-hydrogen) atoms. The van der Waals surface area contributed by atoms with Gasteiger partial charge in [-0.05, 0) is 23.8 Å². The van der Waals surface area contributed by atoms with E-state index in [2.05, 4.69) is 10.2 Å². The van der Waals surface area contributed by atoms with Crippen LogP contribution < -0.4 is 4.74 Å². The summed E-state index contributed by atoms with van der Waals surface area (Å²) < 4.78 is 5.29. The van der Waals surface area contributed by atoms with Gasteiger partial charge < -0.3 is 9.84 Å². The standard InChI is InChI=1S/C14H12N2O2/c1-18-14-7-11(17)4-5-12(14)9-2-3-10-8-15-16-13(10)6-9/h2-8,17H,1H3,(H,15,16). The maximum Gasteiger partial charge on any atom is 0.130 e. The van der Waals surface area contributed by atoms with E-state index in [-0.39, 0.29) is 5.75 Å². The van der Waals surface area contributed by atoms with Crippen LogP contribution in [0.3, 0.4) is 0 Å². The first-order valence-corrected chi connectivity index (χ1v) is 5.58. The normalized spacial score (nSPS) is 10.7. The maximum absolute atomic E-state index is 9.46. The fourth-order valence-electron chi connectivity index (χ4n) is 2.02. The van der Waals surface area contributed by atoms with Crippen LogP contribution in [-0.4, -0.2) is 22.4 Å². The van der Waals surface area contributed by atoms with Crippen molar-refractivity contribution in [2.24, 2.45) is 0 Å². The lowest BCUT2D eigenvalue weighted by molar-refractivity contribution is 0.409. The maximum atomic E-state index is 9.46. The zero-order chi connectivity index (χ0) is 12.5. The van der Waals surface area contributed by atoms with Gasteiger partial charge in [-0.1, -0.05) is 12.1 Å². The third-order valence-electron chi connectivity index (χ3n) is 2.94. The summed E-state index contributed by atoms with van der Waals surface area (Å²) >= 11 is 0. The van der Waals surface area contributed by atoms with Crippen LogP contribution in [0.5, 0.6) is 11.5 Å². The molecule has 3 rings (SSSR count). The number of hydrogen-bond acceptors (Lipinski definition) is 3. The van der Waals surface area contributed by atoms with Crippen LogP contribution in [0, 0.1) is 0 Å². The molecule has 0 saturated carbocycles. The van der Waals surface area contributed by atoms with Crippen molar-refractivity contribution in [3.63, 3.8) is 0 Å². The average molecular weight is 240 g/mol. The molecule has 0 aliphatic heterocycles. The highest BCUT2D eigenvalue weighted by Crippen LogP contribution is 2.33. The number of phenolic OH excluding ortho intramolecular Hbond substituents is 1. The van der Waals surface area contributed by atoms with E-state index in [1.807, 2.05) is 24.3 Å².